The first-order valence-electron chi connectivity index (χ1n) is 5.60. The first-order valence-corrected chi connectivity index (χ1v) is 5.60. The SMILES string of the molecule is O=C(O)c1ccc(NC(=O)c2cccc(F)c2)c(O)c1. The Bertz CT molecular complexity index is 685. The van der Waals surface area contributed by atoms with Gasteiger partial charge in [-0.25, -0.2) is 9.18 Å². The number of phenols is 1. The van der Waals surface area contributed by atoms with Crippen LogP contribution in [0.4, 0.5) is 10.1 Å². The third kappa shape index (κ3) is 2.92. The summed E-state index contributed by atoms with van der Waals surface area (Å²) >= 11 is 0. The summed E-state index contributed by atoms with van der Waals surface area (Å²) in [6.07, 6.45) is 0. The van der Waals surface area contributed by atoms with E-state index in [1.165, 1.54) is 30.3 Å². The molecule has 102 valence electrons. The van der Waals surface area contributed by atoms with E-state index < -0.39 is 17.7 Å². The van der Waals surface area contributed by atoms with Crippen molar-refractivity contribution in [1.29, 1.82) is 0 Å². The molecule has 5 nitrogen and oxygen atoms in total. The highest BCUT2D eigenvalue weighted by Gasteiger charge is 2.12. The van der Waals surface area contributed by atoms with Gasteiger partial charge in [-0.05, 0) is 36.4 Å². The number of hydrogen-bond acceptors (Lipinski definition) is 3. The highest BCUT2D eigenvalue weighted by Crippen LogP contribution is 2.24. The maximum Gasteiger partial charge on any atom is 0.335 e. The molecule has 0 unspecified atom stereocenters. The Balaban J connectivity index is 2.22. The van der Waals surface area contributed by atoms with E-state index >= 15 is 0 Å². The molecule has 6 heteroatoms. The van der Waals surface area contributed by atoms with Crippen LogP contribution in [0, 0.1) is 5.82 Å². The molecule has 0 atom stereocenters. The molecule has 0 saturated carbocycles. The first-order chi connectivity index (χ1) is 9.47. The van der Waals surface area contributed by atoms with Gasteiger partial charge >= 0.3 is 5.97 Å². The number of nitrogens with one attached hydrogen (secondary N) is 1. The molecular weight excluding hydrogens is 265 g/mol. The standard InChI is InChI=1S/C14H10FNO4/c15-10-3-1-2-8(6-10)13(18)16-11-5-4-9(14(19)20)7-12(11)17/h1-7,17H,(H,16,18)(H,19,20). The van der Waals surface area contributed by atoms with Crippen LogP contribution in [0.1, 0.15) is 20.7 Å². The van der Waals surface area contributed by atoms with Crippen LogP contribution in [-0.2, 0) is 0 Å². The summed E-state index contributed by atoms with van der Waals surface area (Å²) in [6.45, 7) is 0. The number of rotatable bonds is 3. The number of benzene rings is 2. The summed E-state index contributed by atoms with van der Waals surface area (Å²) in [5, 5.41) is 20.8. The third-order valence-corrected chi connectivity index (χ3v) is 2.58. The maximum atomic E-state index is 13.0. The van der Waals surface area contributed by atoms with E-state index in [1.54, 1.807) is 0 Å². The fraction of sp³-hybridized carbons (Fsp3) is 0. The summed E-state index contributed by atoms with van der Waals surface area (Å²) in [5.74, 6) is -2.73. The summed E-state index contributed by atoms with van der Waals surface area (Å²) < 4.78 is 13.0. The predicted octanol–water partition coefficient (Wildman–Crippen LogP) is 2.48. The van der Waals surface area contributed by atoms with Gasteiger partial charge in [0.15, 0.2) is 0 Å². The van der Waals surface area contributed by atoms with Gasteiger partial charge in [0.05, 0.1) is 11.3 Å². The van der Waals surface area contributed by atoms with E-state index in [1.807, 2.05) is 0 Å². The Kier molecular flexibility index (Phi) is 3.65. The number of carboxylic acids is 1. The van der Waals surface area contributed by atoms with Crippen molar-refractivity contribution in [3.8, 4) is 5.75 Å². The molecule has 0 fully saturated rings. The van der Waals surface area contributed by atoms with Crippen molar-refractivity contribution in [1.82, 2.24) is 0 Å². The molecule has 2 aromatic rings. The zero-order valence-electron chi connectivity index (χ0n) is 10.1. The lowest BCUT2D eigenvalue weighted by atomic mass is 10.1. The molecule has 0 radical (unpaired) electrons. The summed E-state index contributed by atoms with van der Waals surface area (Å²) in [4.78, 5) is 22.5. The van der Waals surface area contributed by atoms with Gasteiger partial charge in [0.1, 0.15) is 11.6 Å². The van der Waals surface area contributed by atoms with E-state index in [0.717, 1.165) is 12.1 Å². The van der Waals surface area contributed by atoms with Crippen molar-refractivity contribution in [2.75, 3.05) is 5.32 Å². The van der Waals surface area contributed by atoms with Crippen LogP contribution in [-0.4, -0.2) is 22.1 Å². The fourth-order valence-electron chi connectivity index (χ4n) is 1.59. The molecule has 0 bridgehead atoms. The van der Waals surface area contributed by atoms with E-state index in [9.17, 15) is 19.1 Å². The number of hydrogen-bond donors (Lipinski definition) is 3. The van der Waals surface area contributed by atoms with Crippen molar-refractivity contribution in [2.24, 2.45) is 0 Å². The molecule has 0 aliphatic rings. The monoisotopic (exact) mass is 275 g/mol. The van der Waals surface area contributed by atoms with Crippen molar-refractivity contribution in [2.45, 2.75) is 0 Å². The second-order valence-corrected chi connectivity index (χ2v) is 4.00. The van der Waals surface area contributed by atoms with E-state index in [0.29, 0.717) is 0 Å². The van der Waals surface area contributed by atoms with Crippen LogP contribution in [0.2, 0.25) is 0 Å². The van der Waals surface area contributed by atoms with Gasteiger partial charge in [-0.15, -0.1) is 0 Å². The van der Waals surface area contributed by atoms with Gasteiger partial charge in [0.25, 0.3) is 5.91 Å². The zero-order chi connectivity index (χ0) is 14.7. The quantitative estimate of drug-likeness (QED) is 0.751. The van der Waals surface area contributed by atoms with Crippen molar-refractivity contribution in [3.63, 3.8) is 0 Å². The molecule has 0 spiro atoms. The van der Waals surface area contributed by atoms with E-state index in [4.69, 9.17) is 5.11 Å². The van der Waals surface area contributed by atoms with Gasteiger partial charge in [0, 0.05) is 5.56 Å². The second-order valence-electron chi connectivity index (χ2n) is 4.00. The molecule has 0 aliphatic heterocycles. The lowest BCUT2D eigenvalue weighted by Gasteiger charge is -2.08. The lowest BCUT2D eigenvalue weighted by molar-refractivity contribution is 0.0696. The maximum absolute atomic E-state index is 13.0. The number of phenolic OH excluding ortho intramolecular Hbond substituents is 1. The Labute approximate surface area is 113 Å². The molecule has 0 aliphatic carbocycles. The minimum atomic E-state index is -1.19. The van der Waals surface area contributed by atoms with E-state index in [-0.39, 0.29) is 22.6 Å². The Morgan fingerprint density at radius 3 is 2.40 bits per heavy atom. The van der Waals surface area contributed by atoms with Gasteiger partial charge < -0.3 is 15.5 Å². The number of aromatic carboxylic acids is 1. The summed E-state index contributed by atoms with van der Waals surface area (Å²) in [5.41, 5.74) is 0.0298. The molecule has 0 saturated heterocycles. The molecule has 1 amide bonds. The molecule has 3 N–H and O–H groups in total. The number of carboxylic acid groups (broad SMARTS) is 1. The number of carbonyl (C=O) groups is 2. The highest BCUT2D eigenvalue weighted by molar-refractivity contribution is 6.05. The van der Waals surface area contributed by atoms with Crippen LogP contribution >= 0.6 is 0 Å². The van der Waals surface area contributed by atoms with Gasteiger partial charge in [-0.2, -0.15) is 0 Å². The first kappa shape index (κ1) is 13.5. The van der Waals surface area contributed by atoms with Gasteiger partial charge in [-0.1, -0.05) is 6.07 Å². The average Bonchev–Trinajstić information content (AvgIpc) is 2.40. The van der Waals surface area contributed by atoms with Gasteiger partial charge in [-0.3, -0.25) is 4.79 Å². The fourth-order valence-corrected chi connectivity index (χ4v) is 1.59. The molecule has 2 rings (SSSR count). The molecule has 2 aromatic carbocycles. The van der Waals surface area contributed by atoms with Crippen molar-refractivity contribution < 1.29 is 24.2 Å². The molecule has 0 aromatic heterocycles. The molecule has 20 heavy (non-hydrogen) atoms. The van der Waals surface area contributed by atoms with E-state index in [2.05, 4.69) is 5.32 Å². The average molecular weight is 275 g/mol. The van der Waals surface area contributed by atoms with Crippen LogP contribution in [0.15, 0.2) is 42.5 Å². The molecular formula is C14H10FNO4. The van der Waals surface area contributed by atoms with Crippen LogP contribution in [0.25, 0.3) is 0 Å². The number of amides is 1. The second kappa shape index (κ2) is 5.40. The Hall–Kier alpha value is -2.89. The van der Waals surface area contributed by atoms with Crippen molar-refractivity contribution in [3.05, 3.63) is 59.4 Å². The smallest absolute Gasteiger partial charge is 0.335 e. The summed E-state index contributed by atoms with van der Waals surface area (Å²) in [7, 11) is 0. The number of aromatic hydroxyl groups is 1. The minimum absolute atomic E-state index is 0.0456. The third-order valence-electron chi connectivity index (χ3n) is 2.58. The number of anilines is 1. The highest BCUT2D eigenvalue weighted by atomic mass is 19.1. The predicted molar refractivity (Wildman–Crippen MR) is 69.4 cm³/mol. The van der Waals surface area contributed by atoms with Crippen LogP contribution < -0.4 is 5.32 Å². The van der Waals surface area contributed by atoms with Crippen LogP contribution in [0.5, 0.6) is 5.75 Å². The number of carbonyl (C=O) groups excluding carboxylic acids is 1. The van der Waals surface area contributed by atoms with Crippen molar-refractivity contribution >= 4 is 17.6 Å². The number of halogens is 1. The van der Waals surface area contributed by atoms with Crippen LogP contribution in [0.3, 0.4) is 0 Å². The Morgan fingerprint density at radius 2 is 1.80 bits per heavy atom. The largest absolute Gasteiger partial charge is 0.506 e. The zero-order valence-corrected chi connectivity index (χ0v) is 10.1. The van der Waals surface area contributed by atoms with Gasteiger partial charge in [0.2, 0.25) is 0 Å². The molecule has 0 heterocycles. The minimum Gasteiger partial charge on any atom is -0.506 e. The lowest BCUT2D eigenvalue weighted by Crippen LogP contribution is -2.12. The topological polar surface area (TPSA) is 86.6 Å². The Morgan fingerprint density at radius 1 is 1.05 bits per heavy atom. The normalized spacial score (nSPS) is 10.1. The summed E-state index contributed by atoms with van der Waals surface area (Å²) in [6, 6.07) is 8.58.